The highest BCUT2D eigenvalue weighted by atomic mass is 32.2. The number of fused-ring (bicyclic) bond motifs is 1. The molecule has 0 N–H and O–H groups in total. The molecule has 3 heterocycles. The molecule has 0 bridgehead atoms. The largest absolute Gasteiger partial charge is 0.449 e. The van der Waals surface area contributed by atoms with Crippen molar-refractivity contribution in [3.63, 3.8) is 0 Å². The van der Waals surface area contributed by atoms with E-state index in [1.807, 2.05) is 86.8 Å². The van der Waals surface area contributed by atoms with Gasteiger partial charge >= 0.3 is 0 Å². The summed E-state index contributed by atoms with van der Waals surface area (Å²) in [5.41, 5.74) is 2.73. The van der Waals surface area contributed by atoms with Crippen LogP contribution in [-0.4, -0.2) is 20.6 Å². The molecule has 0 fully saturated rings. The molecular weight excluding hydrogens is 420 g/mol. The maximum Gasteiger partial charge on any atom is 0.297 e. The smallest absolute Gasteiger partial charge is 0.297 e. The molecule has 0 saturated heterocycles. The van der Waals surface area contributed by atoms with Gasteiger partial charge in [0, 0.05) is 23.5 Å². The van der Waals surface area contributed by atoms with Gasteiger partial charge in [-0.2, -0.15) is 0 Å². The third-order valence-electron chi connectivity index (χ3n) is 5.25. The normalized spacial score (nSPS) is 11.6. The lowest BCUT2D eigenvalue weighted by molar-refractivity contribution is 0.469. The van der Waals surface area contributed by atoms with Crippen LogP contribution in [0.3, 0.4) is 0 Å². The lowest BCUT2D eigenvalue weighted by Gasteiger charge is -2.07. The van der Waals surface area contributed by atoms with Crippen LogP contribution in [0.4, 0.5) is 5.69 Å². The first-order valence-electron chi connectivity index (χ1n) is 10.1. The lowest BCUT2D eigenvalue weighted by Crippen LogP contribution is -2.19. The van der Waals surface area contributed by atoms with Crippen LogP contribution in [0.5, 0.6) is 0 Å². The van der Waals surface area contributed by atoms with Crippen molar-refractivity contribution in [2.24, 2.45) is 12.0 Å². The van der Waals surface area contributed by atoms with Crippen molar-refractivity contribution in [2.75, 3.05) is 0 Å². The Bertz CT molecular complexity index is 1490. The zero-order valence-electron chi connectivity index (χ0n) is 17.6. The van der Waals surface area contributed by atoms with Crippen LogP contribution < -0.4 is 5.56 Å². The standard InChI is InChI=1S/C25H20N4O2S/c1-17-23(25(30)29(28(17)2)19-10-4-3-5-11-19)27-16-20-13-14-22(31-20)32-21-12-6-8-18-9-7-15-26-24(18)21/h3-16H,1-2H3. The number of para-hydroxylation sites is 2. The summed E-state index contributed by atoms with van der Waals surface area (Å²) < 4.78 is 9.35. The summed E-state index contributed by atoms with van der Waals surface area (Å²) in [6, 6.07) is 23.3. The Hall–Kier alpha value is -3.84. The number of nitrogens with zero attached hydrogens (tertiary/aromatic N) is 4. The predicted octanol–water partition coefficient (Wildman–Crippen LogP) is 5.53. The van der Waals surface area contributed by atoms with Gasteiger partial charge in [0.25, 0.3) is 5.56 Å². The van der Waals surface area contributed by atoms with Gasteiger partial charge in [0.05, 0.1) is 23.1 Å². The van der Waals surface area contributed by atoms with Crippen LogP contribution in [0.15, 0.2) is 103 Å². The number of hydrogen-bond acceptors (Lipinski definition) is 5. The third-order valence-corrected chi connectivity index (χ3v) is 6.22. The highest BCUT2D eigenvalue weighted by Crippen LogP contribution is 2.33. The molecule has 0 saturated carbocycles. The summed E-state index contributed by atoms with van der Waals surface area (Å²) in [6.45, 7) is 1.88. The zero-order chi connectivity index (χ0) is 22.1. The first kappa shape index (κ1) is 20.1. The number of aromatic nitrogens is 3. The van der Waals surface area contributed by atoms with E-state index in [9.17, 15) is 4.79 Å². The second-order valence-electron chi connectivity index (χ2n) is 7.26. The molecule has 5 aromatic rings. The van der Waals surface area contributed by atoms with E-state index in [-0.39, 0.29) is 5.56 Å². The Kier molecular flexibility index (Phi) is 5.25. The van der Waals surface area contributed by atoms with E-state index in [0.717, 1.165) is 32.3 Å². The van der Waals surface area contributed by atoms with Crippen LogP contribution >= 0.6 is 11.8 Å². The number of pyridine rings is 1. The maximum absolute atomic E-state index is 13.0. The van der Waals surface area contributed by atoms with Crippen molar-refractivity contribution in [3.05, 3.63) is 101 Å². The van der Waals surface area contributed by atoms with Crippen molar-refractivity contribution in [1.29, 1.82) is 0 Å². The van der Waals surface area contributed by atoms with Gasteiger partial charge in [0.15, 0.2) is 10.8 Å². The van der Waals surface area contributed by atoms with Gasteiger partial charge in [-0.1, -0.05) is 36.4 Å². The summed E-state index contributed by atoms with van der Waals surface area (Å²) in [5.74, 6) is 0.578. The highest BCUT2D eigenvalue weighted by Gasteiger charge is 2.15. The Morgan fingerprint density at radius 3 is 2.66 bits per heavy atom. The molecule has 5 rings (SSSR count). The van der Waals surface area contributed by atoms with E-state index in [1.165, 1.54) is 11.8 Å². The van der Waals surface area contributed by atoms with Gasteiger partial charge in [-0.3, -0.25) is 14.5 Å². The molecule has 2 aromatic carbocycles. The van der Waals surface area contributed by atoms with Crippen LogP contribution in [0, 0.1) is 6.92 Å². The SMILES string of the molecule is Cc1c(N=Cc2ccc(Sc3cccc4cccnc34)o2)c(=O)n(-c2ccccc2)n1C. The Morgan fingerprint density at radius 2 is 1.81 bits per heavy atom. The predicted molar refractivity (Wildman–Crippen MR) is 128 cm³/mol. The minimum atomic E-state index is -0.171. The zero-order valence-corrected chi connectivity index (χ0v) is 18.4. The van der Waals surface area contributed by atoms with Gasteiger partial charge in [0.1, 0.15) is 5.76 Å². The molecular formula is C25H20N4O2S. The Morgan fingerprint density at radius 1 is 1.00 bits per heavy atom. The fourth-order valence-electron chi connectivity index (χ4n) is 3.56. The van der Waals surface area contributed by atoms with Crippen molar-refractivity contribution in [1.82, 2.24) is 14.3 Å². The molecule has 0 unspecified atom stereocenters. The fraction of sp³-hybridized carbons (Fsp3) is 0.0800. The monoisotopic (exact) mass is 440 g/mol. The molecule has 6 nitrogen and oxygen atoms in total. The maximum atomic E-state index is 13.0. The van der Waals surface area contributed by atoms with E-state index in [1.54, 1.807) is 21.8 Å². The van der Waals surface area contributed by atoms with E-state index < -0.39 is 0 Å². The Labute approximate surface area is 188 Å². The van der Waals surface area contributed by atoms with E-state index in [2.05, 4.69) is 9.98 Å². The van der Waals surface area contributed by atoms with Crippen molar-refractivity contribution in [2.45, 2.75) is 16.9 Å². The fourth-order valence-corrected chi connectivity index (χ4v) is 4.46. The Balaban J connectivity index is 1.42. The number of furan rings is 1. The summed E-state index contributed by atoms with van der Waals surface area (Å²) in [7, 11) is 1.85. The van der Waals surface area contributed by atoms with Gasteiger partial charge in [-0.25, -0.2) is 9.67 Å². The van der Waals surface area contributed by atoms with Crippen LogP contribution in [-0.2, 0) is 7.05 Å². The quantitative estimate of drug-likeness (QED) is 0.337. The summed E-state index contributed by atoms with van der Waals surface area (Å²) in [6.07, 6.45) is 3.38. The second-order valence-corrected chi connectivity index (χ2v) is 8.30. The summed E-state index contributed by atoms with van der Waals surface area (Å²) in [5, 5.41) is 1.82. The van der Waals surface area contributed by atoms with Crippen molar-refractivity contribution < 1.29 is 4.42 Å². The molecule has 3 aromatic heterocycles. The van der Waals surface area contributed by atoms with Crippen molar-refractivity contribution >= 4 is 34.6 Å². The molecule has 0 amide bonds. The lowest BCUT2D eigenvalue weighted by atomic mass is 10.2. The topological polar surface area (TPSA) is 65.3 Å². The van der Waals surface area contributed by atoms with Crippen LogP contribution in [0.2, 0.25) is 0 Å². The van der Waals surface area contributed by atoms with Gasteiger partial charge in [0.2, 0.25) is 0 Å². The third kappa shape index (κ3) is 3.67. The van der Waals surface area contributed by atoms with Gasteiger partial charge in [-0.15, -0.1) is 0 Å². The number of rotatable bonds is 5. The van der Waals surface area contributed by atoms with Crippen LogP contribution in [0.1, 0.15) is 11.5 Å². The molecule has 0 spiro atoms. The highest BCUT2D eigenvalue weighted by molar-refractivity contribution is 7.99. The summed E-state index contributed by atoms with van der Waals surface area (Å²) in [4.78, 5) is 23.0. The van der Waals surface area contributed by atoms with E-state index >= 15 is 0 Å². The number of benzene rings is 2. The molecule has 7 heteroatoms. The molecule has 0 radical (unpaired) electrons. The number of aliphatic imine (C=N–C) groups is 1. The van der Waals surface area contributed by atoms with Crippen molar-refractivity contribution in [3.8, 4) is 5.69 Å². The molecule has 32 heavy (non-hydrogen) atoms. The van der Waals surface area contributed by atoms with Gasteiger partial charge in [-0.05, 0) is 55.1 Å². The first-order chi connectivity index (χ1) is 15.6. The van der Waals surface area contributed by atoms with Gasteiger partial charge < -0.3 is 4.42 Å². The average Bonchev–Trinajstić information content (AvgIpc) is 3.35. The molecule has 158 valence electrons. The first-order valence-corrected chi connectivity index (χ1v) is 10.9. The minimum absolute atomic E-state index is 0.171. The second kappa shape index (κ2) is 8.36. The molecule has 0 atom stereocenters. The molecule has 0 aliphatic rings. The summed E-state index contributed by atoms with van der Waals surface area (Å²) >= 11 is 1.51. The molecule has 0 aliphatic heterocycles. The average molecular weight is 441 g/mol. The van der Waals surface area contributed by atoms with E-state index in [4.69, 9.17) is 4.42 Å². The van der Waals surface area contributed by atoms with Crippen LogP contribution in [0.25, 0.3) is 16.6 Å². The van der Waals surface area contributed by atoms with E-state index in [0.29, 0.717) is 11.4 Å². The molecule has 0 aliphatic carbocycles. The minimum Gasteiger partial charge on any atom is -0.449 e. The number of hydrogen-bond donors (Lipinski definition) is 0.